The third kappa shape index (κ3) is 4.17. The number of thiazole rings is 1. The van der Waals surface area contributed by atoms with Crippen molar-refractivity contribution in [3.63, 3.8) is 0 Å². The van der Waals surface area contributed by atoms with Crippen LogP contribution in [0.5, 0.6) is 0 Å². The van der Waals surface area contributed by atoms with Crippen LogP contribution in [-0.2, 0) is 4.79 Å². The topological polar surface area (TPSA) is 104 Å². The van der Waals surface area contributed by atoms with Crippen LogP contribution >= 0.6 is 11.3 Å². The Balaban J connectivity index is 1.13. The zero-order chi connectivity index (χ0) is 21.9. The fraction of sp³-hybridized carbons (Fsp3) is 0.227. The van der Waals surface area contributed by atoms with Gasteiger partial charge in [0.1, 0.15) is 10.3 Å². The van der Waals surface area contributed by atoms with Gasteiger partial charge in [0.25, 0.3) is 5.91 Å². The zero-order valence-electron chi connectivity index (χ0n) is 17.1. The molecule has 0 unspecified atom stereocenters. The van der Waals surface area contributed by atoms with Crippen LogP contribution in [0.3, 0.4) is 0 Å². The summed E-state index contributed by atoms with van der Waals surface area (Å²) in [5, 5.41) is 7.37. The molecule has 4 heterocycles. The molecule has 1 aliphatic heterocycles. The lowest BCUT2D eigenvalue weighted by Gasteiger charge is -2.34. The molecule has 162 valence electrons. The molecule has 1 N–H and O–H groups in total. The Kier molecular flexibility index (Phi) is 5.51. The molecule has 5 rings (SSSR count). The average Bonchev–Trinajstić information content (AvgIpc) is 3.51. The fourth-order valence-corrected chi connectivity index (χ4v) is 4.48. The maximum Gasteiger partial charge on any atom is 0.273 e. The molecule has 1 saturated heterocycles. The van der Waals surface area contributed by atoms with Crippen LogP contribution in [0.1, 0.15) is 10.5 Å². The molecular weight excluding hydrogens is 428 g/mol. The Morgan fingerprint density at radius 1 is 1.06 bits per heavy atom. The van der Waals surface area contributed by atoms with Crippen molar-refractivity contribution in [2.24, 2.45) is 0 Å². The standard InChI is InChI=1S/C22H20N6O3S/c29-19(14-24-20(30)17-13-18(31-26-17)15-5-2-1-3-6-15)27-9-11-28(12-10-27)22-25-16-7-4-8-23-21(16)32-22/h1-8,13H,9-12,14H2,(H,24,30). The van der Waals surface area contributed by atoms with Crippen LogP contribution in [-0.4, -0.2) is 64.6 Å². The fourth-order valence-electron chi connectivity index (χ4n) is 3.52. The van der Waals surface area contributed by atoms with E-state index in [1.807, 2.05) is 42.5 Å². The molecule has 0 aliphatic carbocycles. The Labute approximate surface area is 187 Å². The van der Waals surface area contributed by atoms with Crippen molar-refractivity contribution in [1.82, 2.24) is 25.3 Å². The number of aromatic nitrogens is 3. The largest absolute Gasteiger partial charge is 0.355 e. The predicted molar refractivity (Wildman–Crippen MR) is 120 cm³/mol. The predicted octanol–water partition coefficient (Wildman–Crippen LogP) is 2.42. The van der Waals surface area contributed by atoms with Crippen LogP contribution in [0.4, 0.5) is 5.13 Å². The van der Waals surface area contributed by atoms with Crippen molar-refractivity contribution in [3.8, 4) is 11.3 Å². The first kappa shape index (κ1) is 20.1. The number of benzene rings is 1. The Morgan fingerprint density at radius 2 is 1.88 bits per heavy atom. The molecule has 3 aromatic heterocycles. The number of carbonyl (C=O) groups excluding carboxylic acids is 2. The molecule has 2 amide bonds. The molecule has 0 spiro atoms. The number of rotatable bonds is 5. The quantitative estimate of drug-likeness (QED) is 0.500. The van der Waals surface area contributed by atoms with E-state index < -0.39 is 5.91 Å². The summed E-state index contributed by atoms with van der Waals surface area (Å²) in [6.07, 6.45) is 1.76. The van der Waals surface area contributed by atoms with E-state index in [0.29, 0.717) is 31.9 Å². The van der Waals surface area contributed by atoms with E-state index in [2.05, 4.69) is 25.3 Å². The van der Waals surface area contributed by atoms with E-state index in [-0.39, 0.29) is 18.1 Å². The SMILES string of the molecule is O=C(NCC(=O)N1CCN(c2nc3cccnc3s2)CC1)c1cc(-c2ccccc2)on1. The highest BCUT2D eigenvalue weighted by Crippen LogP contribution is 2.27. The molecule has 32 heavy (non-hydrogen) atoms. The Bertz CT molecular complexity index is 1210. The van der Waals surface area contributed by atoms with E-state index in [4.69, 9.17) is 4.52 Å². The van der Waals surface area contributed by atoms with Crippen molar-refractivity contribution in [3.05, 3.63) is 60.4 Å². The van der Waals surface area contributed by atoms with Crippen molar-refractivity contribution in [2.45, 2.75) is 0 Å². The molecule has 0 bridgehead atoms. The van der Waals surface area contributed by atoms with Crippen molar-refractivity contribution in [2.75, 3.05) is 37.6 Å². The van der Waals surface area contributed by atoms with Gasteiger partial charge in [-0.2, -0.15) is 0 Å². The van der Waals surface area contributed by atoms with E-state index in [1.54, 1.807) is 28.5 Å². The molecule has 1 aliphatic rings. The molecule has 1 aromatic carbocycles. The van der Waals surface area contributed by atoms with Gasteiger partial charge in [0, 0.05) is 44.0 Å². The highest BCUT2D eigenvalue weighted by atomic mass is 32.1. The Hall–Kier alpha value is -3.79. The van der Waals surface area contributed by atoms with Gasteiger partial charge in [-0.05, 0) is 12.1 Å². The lowest BCUT2D eigenvalue weighted by molar-refractivity contribution is -0.130. The molecule has 10 heteroatoms. The summed E-state index contributed by atoms with van der Waals surface area (Å²) in [5.74, 6) is -0.0658. The van der Waals surface area contributed by atoms with Gasteiger partial charge in [-0.3, -0.25) is 9.59 Å². The van der Waals surface area contributed by atoms with Crippen LogP contribution in [0.15, 0.2) is 59.3 Å². The minimum Gasteiger partial charge on any atom is -0.355 e. The number of nitrogens with one attached hydrogen (secondary N) is 1. The first-order chi connectivity index (χ1) is 15.7. The minimum absolute atomic E-state index is 0.0859. The summed E-state index contributed by atoms with van der Waals surface area (Å²) in [6.45, 7) is 2.42. The second kappa shape index (κ2) is 8.75. The first-order valence-electron chi connectivity index (χ1n) is 10.2. The van der Waals surface area contributed by atoms with Gasteiger partial charge in [-0.1, -0.05) is 46.8 Å². The maximum absolute atomic E-state index is 12.6. The number of piperazine rings is 1. The number of hydrogen-bond acceptors (Lipinski definition) is 8. The third-order valence-electron chi connectivity index (χ3n) is 5.26. The second-order valence-corrected chi connectivity index (χ2v) is 8.27. The molecule has 0 atom stereocenters. The van der Waals surface area contributed by atoms with Gasteiger partial charge in [-0.25, -0.2) is 9.97 Å². The van der Waals surface area contributed by atoms with Crippen LogP contribution in [0, 0.1) is 0 Å². The summed E-state index contributed by atoms with van der Waals surface area (Å²) in [5.41, 5.74) is 1.86. The van der Waals surface area contributed by atoms with Gasteiger partial charge in [0.2, 0.25) is 5.91 Å². The molecule has 0 radical (unpaired) electrons. The summed E-state index contributed by atoms with van der Waals surface area (Å²) in [7, 11) is 0. The molecule has 4 aromatic rings. The number of hydrogen-bond donors (Lipinski definition) is 1. The normalized spacial score (nSPS) is 14.0. The highest BCUT2D eigenvalue weighted by molar-refractivity contribution is 7.21. The molecule has 1 fully saturated rings. The van der Waals surface area contributed by atoms with Crippen molar-refractivity contribution in [1.29, 1.82) is 0 Å². The van der Waals surface area contributed by atoms with E-state index >= 15 is 0 Å². The highest BCUT2D eigenvalue weighted by Gasteiger charge is 2.24. The van der Waals surface area contributed by atoms with Gasteiger partial charge >= 0.3 is 0 Å². The van der Waals surface area contributed by atoms with E-state index in [1.165, 1.54) is 0 Å². The number of nitrogens with zero attached hydrogens (tertiary/aromatic N) is 5. The van der Waals surface area contributed by atoms with Gasteiger partial charge in [0.05, 0.1) is 6.54 Å². The summed E-state index contributed by atoms with van der Waals surface area (Å²) in [4.78, 5) is 38.7. The van der Waals surface area contributed by atoms with E-state index in [9.17, 15) is 9.59 Å². The average molecular weight is 449 g/mol. The Morgan fingerprint density at radius 3 is 2.66 bits per heavy atom. The van der Waals surface area contributed by atoms with Gasteiger partial charge < -0.3 is 19.6 Å². The number of anilines is 1. The van der Waals surface area contributed by atoms with Crippen LogP contribution in [0.25, 0.3) is 21.7 Å². The summed E-state index contributed by atoms with van der Waals surface area (Å²) in [6, 6.07) is 14.8. The summed E-state index contributed by atoms with van der Waals surface area (Å²) < 4.78 is 5.25. The second-order valence-electron chi connectivity index (χ2n) is 7.32. The van der Waals surface area contributed by atoms with E-state index in [0.717, 1.165) is 21.0 Å². The van der Waals surface area contributed by atoms with Gasteiger partial charge in [-0.15, -0.1) is 0 Å². The first-order valence-corrected chi connectivity index (χ1v) is 11.0. The van der Waals surface area contributed by atoms with Crippen LogP contribution in [0.2, 0.25) is 0 Å². The molecule has 9 nitrogen and oxygen atoms in total. The van der Waals surface area contributed by atoms with Crippen LogP contribution < -0.4 is 10.2 Å². The summed E-state index contributed by atoms with van der Waals surface area (Å²) >= 11 is 1.55. The number of pyridine rings is 1. The maximum atomic E-state index is 12.6. The third-order valence-corrected chi connectivity index (χ3v) is 6.30. The van der Waals surface area contributed by atoms with Crippen molar-refractivity contribution >= 4 is 38.6 Å². The monoisotopic (exact) mass is 448 g/mol. The van der Waals surface area contributed by atoms with Crippen molar-refractivity contribution < 1.29 is 14.1 Å². The lowest BCUT2D eigenvalue weighted by atomic mass is 10.1. The molecule has 0 saturated carbocycles. The van der Waals surface area contributed by atoms with Gasteiger partial charge in [0.15, 0.2) is 16.6 Å². The smallest absolute Gasteiger partial charge is 0.273 e. The minimum atomic E-state index is -0.440. The number of amides is 2. The number of fused-ring (bicyclic) bond motifs is 1. The zero-order valence-corrected chi connectivity index (χ0v) is 17.9. The number of carbonyl (C=O) groups is 2. The molecular formula is C22H20N6O3S. The lowest BCUT2D eigenvalue weighted by Crippen LogP contribution is -2.51.